The molecule has 0 aliphatic carbocycles. The van der Waals surface area contributed by atoms with Gasteiger partial charge in [0.25, 0.3) is 0 Å². The van der Waals surface area contributed by atoms with Gasteiger partial charge in [0.15, 0.2) is 0 Å². The van der Waals surface area contributed by atoms with Gasteiger partial charge in [-0.25, -0.2) is 13.1 Å². The zero-order valence-corrected chi connectivity index (χ0v) is 16.1. The summed E-state index contributed by atoms with van der Waals surface area (Å²) < 4.78 is 67.1. The van der Waals surface area contributed by atoms with Gasteiger partial charge in [0.1, 0.15) is 5.75 Å². The van der Waals surface area contributed by atoms with Crippen LogP contribution in [0.1, 0.15) is 23.8 Å². The molecule has 0 spiro atoms. The molecule has 11 heteroatoms. The van der Waals surface area contributed by atoms with Gasteiger partial charge in [0, 0.05) is 11.4 Å². The molecule has 1 saturated heterocycles. The molecule has 0 bridgehead atoms. The molecule has 3 rings (SSSR count). The summed E-state index contributed by atoms with van der Waals surface area (Å²) in [6.07, 6.45) is -3.21. The maximum absolute atomic E-state index is 12.5. The van der Waals surface area contributed by atoms with Crippen molar-refractivity contribution in [1.29, 1.82) is 0 Å². The zero-order chi connectivity index (χ0) is 20.4. The van der Waals surface area contributed by atoms with Crippen molar-refractivity contribution in [2.45, 2.75) is 30.1 Å². The number of halogens is 3. The van der Waals surface area contributed by atoms with Crippen molar-refractivity contribution in [3.05, 3.63) is 46.7 Å². The lowest BCUT2D eigenvalue weighted by atomic mass is 10.2. The number of benzene rings is 1. The van der Waals surface area contributed by atoms with Crippen molar-refractivity contribution < 1.29 is 31.1 Å². The number of thiophene rings is 1. The largest absolute Gasteiger partial charge is 0.573 e. The highest BCUT2D eigenvalue weighted by Gasteiger charge is 2.32. The summed E-state index contributed by atoms with van der Waals surface area (Å²) in [5.74, 6) is -0.880. The molecule has 0 saturated carbocycles. The number of hydrogen-bond acceptors (Lipinski definition) is 5. The lowest BCUT2D eigenvalue weighted by Gasteiger charge is -2.24. The number of carbonyl (C=O) groups excluding carboxylic acids is 1. The molecular formula is C17H17F3N2O4S2. The van der Waals surface area contributed by atoms with E-state index in [2.05, 4.69) is 9.46 Å². The molecule has 1 aliphatic rings. The molecule has 152 valence electrons. The van der Waals surface area contributed by atoms with Gasteiger partial charge in [-0.1, -0.05) is 6.07 Å². The Balaban J connectivity index is 1.62. The van der Waals surface area contributed by atoms with Crippen LogP contribution in [0.25, 0.3) is 0 Å². The average Bonchev–Trinajstić information content (AvgIpc) is 3.29. The fourth-order valence-electron chi connectivity index (χ4n) is 3.00. The molecule has 1 aromatic carbocycles. The van der Waals surface area contributed by atoms with Crippen molar-refractivity contribution in [3.63, 3.8) is 0 Å². The summed E-state index contributed by atoms with van der Waals surface area (Å²) in [6.45, 7) is 0.123. The Morgan fingerprint density at radius 2 is 1.96 bits per heavy atom. The van der Waals surface area contributed by atoms with Crippen LogP contribution >= 0.6 is 11.3 Å². The number of carbonyl (C=O) groups is 1. The first-order valence-electron chi connectivity index (χ1n) is 8.34. The van der Waals surface area contributed by atoms with Crippen LogP contribution in [0.15, 0.2) is 46.7 Å². The molecule has 1 unspecified atom stereocenters. The first kappa shape index (κ1) is 20.6. The van der Waals surface area contributed by atoms with Crippen molar-refractivity contribution >= 4 is 27.3 Å². The Kier molecular flexibility index (Phi) is 5.96. The van der Waals surface area contributed by atoms with E-state index in [1.807, 2.05) is 17.5 Å². The normalized spacial score (nSPS) is 17.7. The Morgan fingerprint density at radius 3 is 2.57 bits per heavy atom. The highest BCUT2D eigenvalue weighted by molar-refractivity contribution is 7.89. The van der Waals surface area contributed by atoms with Crippen LogP contribution in [0.5, 0.6) is 5.75 Å². The van der Waals surface area contributed by atoms with Crippen LogP contribution in [-0.2, 0) is 14.8 Å². The molecule has 0 radical (unpaired) electrons. The van der Waals surface area contributed by atoms with Crippen LogP contribution in [-0.4, -0.2) is 38.7 Å². The summed E-state index contributed by atoms with van der Waals surface area (Å²) in [5, 5.41) is 1.92. The van der Waals surface area contributed by atoms with Gasteiger partial charge < -0.3 is 9.64 Å². The summed E-state index contributed by atoms with van der Waals surface area (Å²) in [4.78, 5) is 14.9. The molecule has 6 nitrogen and oxygen atoms in total. The monoisotopic (exact) mass is 434 g/mol. The van der Waals surface area contributed by atoms with Gasteiger partial charge in [-0.05, 0) is 48.6 Å². The third-order valence-corrected chi connectivity index (χ3v) is 6.62. The number of ether oxygens (including phenoxy) is 1. The van der Waals surface area contributed by atoms with Crippen molar-refractivity contribution in [2.75, 3.05) is 13.1 Å². The molecule has 1 aromatic heterocycles. The van der Waals surface area contributed by atoms with E-state index in [0.29, 0.717) is 6.54 Å². The fourth-order valence-corrected chi connectivity index (χ4v) is 4.85. The van der Waals surface area contributed by atoms with E-state index in [4.69, 9.17) is 0 Å². The van der Waals surface area contributed by atoms with Gasteiger partial charge >= 0.3 is 6.36 Å². The second kappa shape index (κ2) is 8.10. The lowest BCUT2D eigenvalue weighted by molar-refractivity contribution is -0.274. The quantitative estimate of drug-likeness (QED) is 0.757. The van der Waals surface area contributed by atoms with E-state index in [1.165, 1.54) is 0 Å². The first-order valence-corrected chi connectivity index (χ1v) is 10.7. The maximum atomic E-state index is 12.5. The van der Waals surface area contributed by atoms with E-state index in [1.54, 1.807) is 16.2 Å². The standard InChI is InChI=1S/C17H17F3N2O4S2/c18-17(19,20)26-12-5-7-13(8-6-12)28(24,25)21-11-16(23)22-9-1-3-14(22)15-4-2-10-27-15/h2,4-8,10,14,21H,1,3,9,11H2. The van der Waals surface area contributed by atoms with E-state index < -0.39 is 28.7 Å². The SMILES string of the molecule is O=C(CNS(=O)(=O)c1ccc(OC(F)(F)F)cc1)N1CCCC1c1cccs1. The summed E-state index contributed by atoms with van der Waals surface area (Å²) >= 11 is 1.54. The number of nitrogens with zero attached hydrogens (tertiary/aromatic N) is 1. The van der Waals surface area contributed by atoms with Crippen LogP contribution in [0.3, 0.4) is 0 Å². The van der Waals surface area contributed by atoms with Crippen LogP contribution < -0.4 is 9.46 Å². The van der Waals surface area contributed by atoms with Gasteiger partial charge in [-0.2, -0.15) is 0 Å². The van der Waals surface area contributed by atoms with Crippen LogP contribution in [0.2, 0.25) is 0 Å². The Labute approximate surface area is 164 Å². The maximum Gasteiger partial charge on any atom is 0.573 e. The number of nitrogens with one attached hydrogen (secondary N) is 1. The second-order valence-corrected chi connectivity index (χ2v) is 8.85. The van der Waals surface area contributed by atoms with Crippen molar-refractivity contribution in [3.8, 4) is 5.75 Å². The van der Waals surface area contributed by atoms with Crippen molar-refractivity contribution in [2.24, 2.45) is 0 Å². The number of alkyl halides is 3. The zero-order valence-electron chi connectivity index (χ0n) is 14.5. The van der Waals surface area contributed by atoms with Gasteiger partial charge in [0.05, 0.1) is 17.5 Å². The summed E-state index contributed by atoms with van der Waals surface area (Å²) in [5.41, 5.74) is 0. The number of hydrogen-bond donors (Lipinski definition) is 1. The second-order valence-electron chi connectivity index (χ2n) is 6.10. The Morgan fingerprint density at radius 1 is 1.25 bits per heavy atom. The Hall–Kier alpha value is -2.11. The molecule has 1 N–H and O–H groups in total. The molecule has 1 amide bonds. The van der Waals surface area contributed by atoms with Gasteiger partial charge in [0.2, 0.25) is 15.9 Å². The minimum atomic E-state index is -4.86. The molecule has 1 fully saturated rings. The molecule has 2 heterocycles. The lowest BCUT2D eigenvalue weighted by Crippen LogP contribution is -2.39. The molecule has 1 aliphatic heterocycles. The molecule has 2 aromatic rings. The molecule has 28 heavy (non-hydrogen) atoms. The summed E-state index contributed by atoms with van der Waals surface area (Å²) in [7, 11) is -4.05. The molecule has 1 atom stereocenters. The van der Waals surface area contributed by atoms with E-state index in [-0.39, 0.29) is 16.8 Å². The number of amides is 1. The molecular weight excluding hydrogens is 417 g/mol. The smallest absolute Gasteiger partial charge is 0.406 e. The van der Waals surface area contributed by atoms with Crippen molar-refractivity contribution in [1.82, 2.24) is 9.62 Å². The number of sulfonamides is 1. The van der Waals surface area contributed by atoms with E-state index in [0.717, 1.165) is 42.0 Å². The summed E-state index contributed by atoms with van der Waals surface area (Å²) in [6, 6.07) is 7.55. The van der Waals surface area contributed by atoms with Crippen LogP contribution in [0.4, 0.5) is 13.2 Å². The predicted octanol–water partition coefficient (Wildman–Crippen LogP) is 3.29. The topological polar surface area (TPSA) is 75.7 Å². The van der Waals surface area contributed by atoms with E-state index >= 15 is 0 Å². The fraction of sp³-hybridized carbons (Fsp3) is 0.353. The van der Waals surface area contributed by atoms with E-state index in [9.17, 15) is 26.4 Å². The predicted molar refractivity (Wildman–Crippen MR) is 96.3 cm³/mol. The number of rotatable bonds is 6. The minimum absolute atomic E-state index is 0.0594. The highest BCUT2D eigenvalue weighted by Crippen LogP contribution is 2.34. The minimum Gasteiger partial charge on any atom is -0.406 e. The van der Waals surface area contributed by atoms with Crippen LogP contribution in [0, 0.1) is 0 Å². The third-order valence-electron chi connectivity index (χ3n) is 4.23. The highest BCUT2D eigenvalue weighted by atomic mass is 32.2. The van der Waals surface area contributed by atoms with Gasteiger partial charge in [-0.15, -0.1) is 24.5 Å². The Bertz CT molecular complexity index is 913. The average molecular weight is 434 g/mol. The first-order chi connectivity index (χ1) is 13.2. The van der Waals surface area contributed by atoms with Gasteiger partial charge in [-0.3, -0.25) is 4.79 Å². The number of likely N-dealkylation sites (tertiary alicyclic amines) is 1. The third kappa shape index (κ3) is 5.03.